The number of nitrogens with one attached hydrogen (secondary N) is 1. The summed E-state index contributed by atoms with van der Waals surface area (Å²) in [6, 6.07) is 11.1. The molecule has 0 aliphatic heterocycles. The number of hydrogen-bond acceptors (Lipinski definition) is 5. The number of carbonyl (C=O) groups excluding carboxylic acids is 1. The highest BCUT2D eigenvalue weighted by molar-refractivity contribution is 5.93. The molecule has 6 nitrogen and oxygen atoms in total. The molecule has 0 fully saturated rings. The third-order valence-corrected chi connectivity index (χ3v) is 3.69. The number of pyridine rings is 1. The Morgan fingerprint density at radius 3 is 2.62 bits per heavy atom. The Hall–Kier alpha value is -3.02. The third kappa shape index (κ3) is 3.17. The zero-order valence-electron chi connectivity index (χ0n) is 13.9. The number of aromatic nitrogens is 3. The van der Waals surface area contributed by atoms with Gasteiger partial charge in [-0.15, -0.1) is 0 Å². The van der Waals surface area contributed by atoms with Gasteiger partial charge in [0.2, 0.25) is 5.91 Å². The summed E-state index contributed by atoms with van der Waals surface area (Å²) in [4.78, 5) is 27.1. The molecule has 0 unspecified atom stereocenters. The molecule has 0 bridgehead atoms. The number of carbonyl (C=O) groups is 1. The van der Waals surface area contributed by atoms with Crippen molar-refractivity contribution in [2.24, 2.45) is 0 Å². The molecule has 0 saturated heterocycles. The average molecular weight is 321 g/mol. The lowest BCUT2D eigenvalue weighted by Gasteiger charge is -2.19. The van der Waals surface area contributed by atoms with Crippen molar-refractivity contribution in [2.75, 3.05) is 19.4 Å². The predicted octanol–water partition coefficient (Wildman–Crippen LogP) is 2.58. The molecule has 0 radical (unpaired) electrons. The highest BCUT2D eigenvalue weighted by Gasteiger charge is 2.17. The predicted molar refractivity (Wildman–Crippen MR) is 94.5 cm³/mol. The van der Waals surface area contributed by atoms with Gasteiger partial charge in [0.25, 0.3) is 0 Å². The lowest BCUT2D eigenvalue weighted by Crippen LogP contribution is -2.36. The van der Waals surface area contributed by atoms with Crippen LogP contribution in [0.1, 0.15) is 6.92 Å². The molecule has 2 aromatic heterocycles. The van der Waals surface area contributed by atoms with Crippen LogP contribution in [0.4, 0.5) is 5.82 Å². The van der Waals surface area contributed by atoms with Crippen LogP contribution in [-0.4, -0.2) is 45.9 Å². The molecule has 122 valence electrons. The van der Waals surface area contributed by atoms with Crippen molar-refractivity contribution in [3.63, 3.8) is 0 Å². The number of fused-ring (bicyclic) bond motifs is 1. The van der Waals surface area contributed by atoms with Gasteiger partial charge in [0, 0.05) is 37.4 Å². The van der Waals surface area contributed by atoms with E-state index in [1.807, 2.05) is 43.3 Å². The minimum atomic E-state index is -0.389. The van der Waals surface area contributed by atoms with Gasteiger partial charge in [0.1, 0.15) is 11.9 Å². The molecule has 0 aliphatic rings. The lowest BCUT2D eigenvalue weighted by atomic mass is 10.2. The van der Waals surface area contributed by atoms with E-state index in [0.29, 0.717) is 11.6 Å². The van der Waals surface area contributed by atoms with E-state index in [1.54, 1.807) is 31.4 Å². The lowest BCUT2D eigenvalue weighted by molar-refractivity contribution is -0.129. The molecule has 2 heterocycles. The van der Waals surface area contributed by atoms with Gasteiger partial charge in [0.15, 0.2) is 5.82 Å². The number of likely N-dealkylation sites (N-methyl/N-ethyl adjacent to an activating group) is 1. The van der Waals surface area contributed by atoms with Gasteiger partial charge in [-0.1, -0.05) is 12.1 Å². The molecular formula is C18H19N5O. The molecule has 24 heavy (non-hydrogen) atoms. The van der Waals surface area contributed by atoms with Crippen molar-refractivity contribution in [3.8, 4) is 11.4 Å². The summed E-state index contributed by atoms with van der Waals surface area (Å²) in [7, 11) is 3.47. The maximum atomic E-state index is 12.1. The van der Waals surface area contributed by atoms with Crippen molar-refractivity contribution >= 4 is 22.6 Å². The Kier molecular flexibility index (Phi) is 4.37. The van der Waals surface area contributed by atoms with Crippen LogP contribution >= 0.6 is 0 Å². The summed E-state index contributed by atoms with van der Waals surface area (Å²) >= 11 is 0. The Morgan fingerprint density at radius 1 is 1.12 bits per heavy atom. The quantitative estimate of drug-likeness (QED) is 0.800. The minimum absolute atomic E-state index is 0.0133. The highest BCUT2D eigenvalue weighted by Crippen LogP contribution is 2.25. The smallest absolute Gasteiger partial charge is 0.244 e. The highest BCUT2D eigenvalue weighted by atomic mass is 16.2. The van der Waals surface area contributed by atoms with Crippen molar-refractivity contribution in [3.05, 3.63) is 48.8 Å². The number of para-hydroxylation sites is 1. The van der Waals surface area contributed by atoms with E-state index in [2.05, 4.69) is 20.3 Å². The number of anilines is 1. The molecule has 1 amide bonds. The average Bonchev–Trinajstić information content (AvgIpc) is 2.61. The van der Waals surface area contributed by atoms with Crippen molar-refractivity contribution < 1.29 is 4.79 Å². The summed E-state index contributed by atoms with van der Waals surface area (Å²) in [5, 5.41) is 4.09. The van der Waals surface area contributed by atoms with Crippen LogP contribution in [0.2, 0.25) is 0 Å². The largest absolute Gasteiger partial charge is 0.358 e. The second-order valence-corrected chi connectivity index (χ2v) is 5.75. The van der Waals surface area contributed by atoms with E-state index in [-0.39, 0.29) is 11.9 Å². The third-order valence-electron chi connectivity index (χ3n) is 3.69. The Balaban J connectivity index is 2.07. The Labute approximate surface area is 140 Å². The number of benzene rings is 1. The van der Waals surface area contributed by atoms with E-state index in [4.69, 9.17) is 0 Å². The van der Waals surface area contributed by atoms with Crippen molar-refractivity contribution in [1.29, 1.82) is 0 Å². The Morgan fingerprint density at radius 2 is 1.92 bits per heavy atom. The van der Waals surface area contributed by atoms with Crippen LogP contribution in [0.3, 0.4) is 0 Å². The zero-order valence-corrected chi connectivity index (χ0v) is 13.9. The summed E-state index contributed by atoms with van der Waals surface area (Å²) in [6.45, 7) is 1.82. The molecule has 3 rings (SSSR count). The fourth-order valence-electron chi connectivity index (χ4n) is 2.46. The maximum absolute atomic E-state index is 12.1. The Bertz CT molecular complexity index is 864. The van der Waals surface area contributed by atoms with Gasteiger partial charge < -0.3 is 10.2 Å². The zero-order chi connectivity index (χ0) is 17.1. The summed E-state index contributed by atoms with van der Waals surface area (Å²) in [6.07, 6.45) is 3.43. The first kappa shape index (κ1) is 15.9. The number of amides is 1. The molecule has 1 aromatic carbocycles. The number of rotatable bonds is 4. The second-order valence-electron chi connectivity index (χ2n) is 5.75. The van der Waals surface area contributed by atoms with Crippen LogP contribution in [0.15, 0.2) is 48.8 Å². The standard InChI is InChI=1S/C18H19N5O/c1-12(18(24)23(2)3)20-17-14-8-4-5-9-15(14)21-16(22-17)13-7-6-10-19-11-13/h4-12H,1-3H3,(H,20,21,22)/t12-/m1/s1. The first-order valence-corrected chi connectivity index (χ1v) is 7.71. The van der Waals surface area contributed by atoms with Crippen LogP contribution in [0.25, 0.3) is 22.3 Å². The van der Waals surface area contributed by atoms with Crippen molar-refractivity contribution in [2.45, 2.75) is 13.0 Å². The molecule has 1 N–H and O–H groups in total. The van der Waals surface area contributed by atoms with Gasteiger partial charge in [0.05, 0.1) is 5.52 Å². The van der Waals surface area contributed by atoms with Gasteiger partial charge >= 0.3 is 0 Å². The van der Waals surface area contributed by atoms with Gasteiger partial charge in [-0.25, -0.2) is 9.97 Å². The fraction of sp³-hybridized carbons (Fsp3) is 0.222. The molecule has 1 atom stereocenters. The molecular weight excluding hydrogens is 302 g/mol. The topological polar surface area (TPSA) is 71.0 Å². The normalized spacial score (nSPS) is 12.0. The second kappa shape index (κ2) is 6.62. The van der Waals surface area contributed by atoms with Gasteiger partial charge in [-0.05, 0) is 31.2 Å². The van der Waals surface area contributed by atoms with E-state index in [9.17, 15) is 4.79 Å². The van der Waals surface area contributed by atoms with E-state index >= 15 is 0 Å². The van der Waals surface area contributed by atoms with E-state index < -0.39 is 0 Å². The van der Waals surface area contributed by atoms with Crippen LogP contribution < -0.4 is 5.32 Å². The van der Waals surface area contributed by atoms with E-state index in [0.717, 1.165) is 16.5 Å². The number of nitrogens with zero attached hydrogens (tertiary/aromatic N) is 4. The number of hydrogen-bond donors (Lipinski definition) is 1. The molecule has 6 heteroatoms. The van der Waals surface area contributed by atoms with Crippen LogP contribution in [0, 0.1) is 0 Å². The first-order valence-electron chi connectivity index (χ1n) is 7.71. The van der Waals surface area contributed by atoms with E-state index in [1.165, 1.54) is 0 Å². The summed E-state index contributed by atoms with van der Waals surface area (Å²) in [5.41, 5.74) is 1.65. The first-order chi connectivity index (χ1) is 11.6. The summed E-state index contributed by atoms with van der Waals surface area (Å²) in [5.74, 6) is 1.21. The molecule has 0 aliphatic carbocycles. The molecule has 3 aromatic rings. The van der Waals surface area contributed by atoms with Crippen LogP contribution in [0.5, 0.6) is 0 Å². The molecule has 0 spiro atoms. The monoisotopic (exact) mass is 321 g/mol. The van der Waals surface area contributed by atoms with Gasteiger partial charge in [-0.2, -0.15) is 0 Å². The van der Waals surface area contributed by atoms with Crippen LogP contribution in [-0.2, 0) is 4.79 Å². The summed E-state index contributed by atoms with van der Waals surface area (Å²) < 4.78 is 0. The fourth-order valence-corrected chi connectivity index (χ4v) is 2.46. The SMILES string of the molecule is C[C@@H](Nc1nc(-c2cccnc2)nc2ccccc12)C(=O)N(C)C. The maximum Gasteiger partial charge on any atom is 0.244 e. The minimum Gasteiger partial charge on any atom is -0.358 e. The van der Waals surface area contributed by atoms with Gasteiger partial charge in [-0.3, -0.25) is 9.78 Å². The van der Waals surface area contributed by atoms with Crippen molar-refractivity contribution in [1.82, 2.24) is 19.9 Å². The molecule has 0 saturated carbocycles.